The SMILES string of the molecule is COc1cccc(/C=C2/SC(=O)N(CC(=O)Nc3cccc(F)c3)C2=O)c1OCC(=O)Nc1ccc(F)cc1. The van der Waals surface area contributed by atoms with Gasteiger partial charge in [-0.15, -0.1) is 0 Å². The number of carbonyl (C=O) groups is 4. The Kier molecular flexibility index (Phi) is 8.56. The fraction of sp³-hybridized carbons (Fsp3) is 0.111. The molecule has 12 heteroatoms. The van der Waals surface area contributed by atoms with Gasteiger partial charge in [0.15, 0.2) is 18.1 Å². The van der Waals surface area contributed by atoms with Crippen LogP contribution in [0.1, 0.15) is 5.56 Å². The summed E-state index contributed by atoms with van der Waals surface area (Å²) in [5.74, 6) is -2.49. The molecule has 3 aromatic rings. The first kappa shape index (κ1) is 27.3. The maximum absolute atomic E-state index is 13.4. The first-order chi connectivity index (χ1) is 18.7. The standard InChI is InChI=1S/C27H21F2N3O6S/c1-37-21-7-2-4-16(25(21)38-15-24(34)30-19-10-8-17(28)9-11-19)12-22-26(35)32(27(36)39-22)14-23(33)31-20-6-3-5-18(29)13-20/h2-13H,14-15H2,1H3,(H,30,34)(H,31,33)/b22-12+. The van der Waals surface area contributed by atoms with Crippen LogP contribution >= 0.6 is 11.8 Å². The first-order valence-electron chi connectivity index (χ1n) is 11.4. The van der Waals surface area contributed by atoms with Crippen molar-refractivity contribution in [3.05, 3.63) is 88.8 Å². The number of benzene rings is 3. The van der Waals surface area contributed by atoms with E-state index in [-0.39, 0.29) is 22.1 Å². The van der Waals surface area contributed by atoms with Gasteiger partial charge in [-0.2, -0.15) is 0 Å². The van der Waals surface area contributed by atoms with E-state index < -0.39 is 47.7 Å². The second-order valence-electron chi connectivity index (χ2n) is 8.05. The number of hydrogen-bond acceptors (Lipinski definition) is 7. The zero-order chi connectivity index (χ0) is 27.9. The van der Waals surface area contributed by atoms with Crippen molar-refractivity contribution in [2.75, 3.05) is 30.9 Å². The van der Waals surface area contributed by atoms with Gasteiger partial charge in [0, 0.05) is 16.9 Å². The largest absolute Gasteiger partial charge is 0.493 e. The van der Waals surface area contributed by atoms with Crippen molar-refractivity contribution in [3.8, 4) is 11.5 Å². The summed E-state index contributed by atoms with van der Waals surface area (Å²) in [6, 6.07) is 15.2. The zero-order valence-electron chi connectivity index (χ0n) is 20.4. The predicted octanol–water partition coefficient (Wildman–Crippen LogP) is 4.67. The van der Waals surface area contributed by atoms with E-state index in [2.05, 4.69) is 10.6 Å². The summed E-state index contributed by atoms with van der Waals surface area (Å²) in [6.07, 6.45) is 1.39. The second kappa shape index (κ2) is 12.2. The van der Waals surface area contributed by atoms with Gasteiger partial charge >= 0.3 is 0 Å². The van der Waals surface area contributed by atoms with Crippen LogP contribution in [0.3, 0.4) is 0 Å². The Labute approximate surface area is 225 Å². The molecule has 1 saturated heterocycles. The Morgan fingerprint density at radius 2 is 1.64 bits per heavy atom. The molecule has 3 aromatic carbocycles. The lowest BCUT2D eigenvalue weighted by molar-refractivity contribution is -0.127. The lowest BCUT2D eigenvalue weighted by Crippen LogP contribution is -2.36. The highest BCUT2D eigenvalue weighted by molar-refractivity contribution is 8.18. The zero-order valence-corrected chi connectivity index (χ0v) is 21.2. The van der Waals surface area contributed by atoms with Gasteiger partial charge in [-0.25, -0.2) is 8.78 Å². The molecule has 39 heavy (non-hydrogen) atoms. The number of nitrogens with one attached hydrogen (secondary N) is 2. The summed E-state index contributed by atoms with van der Waals surface area (Å²) < 4.78 is 37.5. The minimum atomic E-state index is -0.706. The molecule has 0 unspecified atom stereocenters. The number of carbonyl (C=O) groups excluding carboxylic acids is 4. The Hall–Kier alpha value is -4.71. The fourth-order valence-electron chi connectivity index (χ4n) is 3.52. The Morgan fingerprint density at radius 3 is 2.36 bits per heavy atom. The number of hydrogen-bond donors (Lipinski definition) is 2. The minimum Gasteiger partial charge on any atom is -0.493 e. The fourth-order valence-corrected chi connectivity index (χ4v) is 4.35. The Morgan fingerprint density at radius 1 is 0.923 bits per heavy atom. The second-order valence-corrected chi connectivity index (χ2v) is 9.04. The van der Waals surface area contributed by atoms with E-state index in [0.29, 0.717) is 23.0 Å². The topological polar surface area (TPSA) is 114 Å². The number of halogens is 2. The molecule has 0 bridgehead atoms. The van der Waals surface area contributed by atoms with Gasteiger partial charge in [0.05, 0.1) is 12.0 Å². The van der Waals surface area contributed by atoms with Crippen LogP contribution in [0.5, 0.6) is 11.5 Å². The number of ether oxygens (including phenoxy) is 2. The molecule has 1 aliphatic rings. The summed E-state index contributed by atoms with van der Waals surface area (Å²) in [6.45, 7) is -0.996. The Balaban J connectivity index is 1.46. The van der Waals surface area contributed by atoms with E-state index in [4.69, 9.17) is 9.47 Å². The van der Waals surface area contributed by atoms with Crippen LogP contribution in [0.25, 0.3) is 6.08 Å². The summed E-state index contributed by atoms with van der Waals surface area (Å²) in [5, 5.41) is 4.35. The number of anilines is 2. The molecule has 1 heterocycles. The molecule has 9 nitrogen and oxygen atoms in total. The van der Waals surface area contributed by atoms with Crippen LogP contribution in [0.15, 0.2) is 71.6 Å². The number of methoxy groups -OCH3 is 1. The van der Waals surface area contributed by atoms with Crippen molar-refractivity contribution >= 4 is 52.2 Å². The van der Waals surface area contributed by atoms with Crippen molar-refractivity contribution < 1.29 is 37.4 Å². The smallest absolute Gasteiger partial charge is 0.294 e. The number of imide groups is 1. The van der Waals surface area contributed by atoms with Gasteiger partial charge < -0.3 is 20.1 Å². The monoisotopic (exact) mass is 553 g/mol. The van der Waals surface area contributed by atoms with Gasteiger partial charge in [0.25, 0.3) is 17.1 Å². The highest BCUT2D eigenvalue weighted by atomic mass is 32.2. The molecule has 0 spiro atoms. The normalized spacial score (nSPS) is 13.9. The molecule has 0 saturated carbocycles. The van der Waals surface area contributed by atoms with Crippen LogP contribution in [0.2, 0.25) is 0 Å². The highest BCUT2D eigenvalue weighted by Crippen LogP contribution is 2.37. The van der Waals surface area contributed by atoms with Crippen LogP contribution in [-0.2, 0) is 14.4 Å². The molecule has 1 aliphatic heterocycles. The number of thioether (sulfide) groups is 1. The first-order valence-corrected chi connectivity index (χ1v) is 12.2. The highest BCUT2D eigenvalue weighted by Gasteiger charge is 2.36. The van der Waals surface area contributed by atoms with Crippen molar-refractivity contribution in [3.63, 3.8) is 0 Å². The quantitative estimate of drug-likeness (QED) is 0.371. The molecule has 0 aromatic heterocycles. The van der Waals surface area contributed by atoms with Gasteiger partial charge in [0.2, 0.25) is 5.91 Å². The summed E-state index contributed by atoms with van der Waals surface area (Å²) >= 11 is 0.629. The average molecular weight is 554 g/mol. The van der Waals surface area contributed by atoms with Crippen molar-refractivity contribution in [1.29, 1.82) is 0 Å². The third-order valence-corrected chi connectivity index (χ3v) is 6.18. The lowest BCUT2D eigenvalue weighted by Gasteiger charge is -2.14. The minimum absolute atomic E-state index is 0.0208. The Bertz CT molecular complexity index is 1460. The van der Waals surface area contributed by atoms with Crippen LogP contribution in [0.4, 0.5) is 25.0 Å². The third kappa shape index (κ3) is 6.99. The van der Waals surface area contributed by atoms with Crippen molar-refractivity contribution in [2.24, 2.45) is 0 Å². The molecular weight excluding hydrogens is 532 g/mol. The molecule has 2 N–H and O–H groups in total. The van der Waals surface area contributed by atoms with Crippen LogP contribution in [0, 0.1) is 11.6 Å². The average Bonchev–Trinajstić information content (AvgIpc) is 3.16. The summed E-state index contributed by atoms with van der Waals surface area (Å²) in [5.41, 5.74) is 0.906. The lowest BCUT2D eigenvalue weighted by atomic mass is 10.1. The van der Waals surface area contributed by atoms with Gasteiger partial charge in [-0.1, -0.05) is 18.2 Å². The molecular formula is C27H21F2N3O6S. The summed E-state index contributed by atoms with van der Waals surface area (Å²) in [7, 11) is 1.40. The van der Waals surface area contributed by atoms with E-state index in [1.807, 2.05) is 0 Å². The third-order valence-electron chi connectivity index (χ3n) is 5.28. The molecule has 4 amide bonds. The van der Waals surface area contributed by atoms with E-state index in [9.17, 15) is 28.0 Å². The molecule has 0 atom stereocenters. The van der Waals surface area contributed by atoms with E-state index in [1.165, 1.54) is 55.7 Å². The number of para-hydroxylation sites is 1. The van der Waals surface area contributed by atoms with E-state index in [1.54, 1.807) is 18.2 Å². The molecule has 4 rings (SSSR count). The molecule has 0 aliphatic carbocycles. The van der Waals surface area contributed by atoms with Gasteiger partial charge in [0.1, 0.15) is 18.2 Å². The van der Waals surface area contributed by atoms with Crippen LogP contribution in [-0.4, -0.2) is 48.1 Å². The van der Waals surface area contributed by atoms with Gasteiger partial charge in [-0.05, 0) is 66.4 Å². The maximum Gasteiger partial charge on any atom is 0.294 e. The predicted molar refractivity (Wildman–Crippen MR) is 141 cm³/mol. The maximum atomic E-state index is 13.4. The number of nitrogens with zero attached hydrogens (tertiary/aromatic N) is 1. The van der Waals surface area contributed by atoms with Crippen LogP contribution < -0.4 is 20.1 Å². The van der Waals surface area contributed by atoms with E-state index >= 15 is 0 Å². The number of rotatable bonds is 9. The number of amides is 4. The molecule has 1 fully saturated rings. The molecule has 0 radical (unpaired) electrons. The molecule has 200 valence electrons. The van der Waals surface area contributed by atoms with Crippen molar-refractivity contribution in [2.45, 2.75) is 0 Å². The van der Waals surface area contributed by atoms with E-state index in [0.717, 1.165) is 11.0 Å². The van der Waals surface area contributed by atoms with Gasteiger partial charge in [-0.3, -0.25) is 24.1 Å². The van der Waals surface area contributed by atoms with Crippen molar-refractivity contribution in [1.82, 2.24) is 4.90 Å². The summed E-state index contributed by atoms with van der Waals surface area (Å²) in [4.78, 5) is 51.0.